The van der Waals surface area contributed by atoms with Crippen molar-refractivity contribution in [2.24, 2.45) is 72.9 Å². The number of carbonyl (C=O) groups excluding carboxylic acids is 1. The zero-order chi connectivity index (χ0) is 29.8. The molecule has 3 nitrogen and oxygen atoms in total. The van der Waals surface area contributed by atoms with Gasteiger partial charge in [0.25, 0.3) is 0 Å². The molecule has 0 aromatic carbocycles. The van der Waals surface area contributed by atoms with Crippen molar-refractivity contribution in [2.45, 2.75) is 153 Å². The van der Waals surface area contributed by atoms with E-state index >= 15 is 0 Å². The maximum atomic E-state index is 13.5. The summed E-state index contributed by atoms with van der Waals surface area (Å²) in [5, 5.41) is 0. The first-order valence-electron chi connectivity index (χ1n) is 17.6. The molecular weight excluding hydrogens is 504 g/mol. The fourth-order valence-corrected chi connectivity index (χ4v) is 14.2. The molecule has 2 bridgehead atoms. The summed E-state index contributed by atoms with van der Waals surface area (Å²) in [6, 6.07) is 0. The van der Waals surface area contributed by atoms with Crippen LogP contribution in [0, 0.1) is 72.9 Å². The Bertz CT molecular complexity index is 1120. The van der Waals surface area contributed by atoms with Gasteiger partial charge in [-0.3, -0.25) is 4.79 Å². The molecule has 0 aromatic rings. The first-order chi connectivity index (χ1) is 18.8. The van der Waals surface area contributed by atoms with Crippen molar-refractivity contribution in [3.63, 3.8) is 0 Å². The molecule has 6 saturated carbocycles. The van der Waals surface area contributed by atoms with E-state index in [4.69, 9.17) is 9.47 Å². The van der Waals surface area contributed by atoms with E-state index in [0.717, 1.165) is 30.8 Å². The summed E-state index contributed by atoms with van der Waals surface area (Å²) in [4.78, 5) is 13.5. The normalized spacial score (nSPS) is 53.7. The molecule has 1 heterocycles. The summed E-state index contributed by atoms with van der Waals surface area (Å²) < 4.78 is 13.3. The van der Waals surface area contributed by atoms with Gasteiger partial charge in [-0.05, 0) is 126 Å². The Hall–Kier alpha value is -0.570. The number of hydrogen-bond donors (Lipinski definition) is 0. The molecule has 0 aromatic heterocycles. The predicted octanol–water partition coefficient (Wildman–Crippen LogP) is 9.47. The van der Waals surface area contributed by atoms with Crippen LogP contribution in [0.3, 0.4) is 0 Å². The van der Waals surface area contributed by atoms with E-state index in [1.54, 1.807) is 0 Å². The highest BCUT2D eigenvalue weighted by Crippen LogP contribution is 2.78. The van der Waals surface area contributed by atoms with Gasteiger partial charge >= 0.3 is 5.97 Å². The van der Waals surface area contributed by atoms with Gasteiger partial charge in [0.1, 0.15) is 6.10 Å². The molecule has 7 rings (SSSR count). The molecule has 6 aliphatic carbocycles. The molecule has 1 aliphatic heterocycles. The van der Waals surface area contributed by atoms with Crippen molar-refractivity contribution < 1.29 is 14.3 Å². The first-order valence-corrected chi connectivity index (χ1v) is 17.6. The van der Waals surface area contributed by atoms with Crippen LogP contribution >= 0.6 is 0 Å². The third-order valence-electron chi connectivity index (χ3n) is 17.6. The fourth-order valence-electron chi connectivity index (χ4n) is 14.2. The maximum absolute atomic E-state index is 13.5. The number of hydrogen-bond acceptors (Lipinski definition) is 3. The molecule has 0 unspecified atom stereocenters. The zero-order valence-electron chi connectivity index (χ0n) is 28.5. The minimum Gasteiger partial charge on any atom is -0.462 e. The molecule has 0 amide bonds. The molecule has 0 spiro atoms. The molecule has 7 fully saturated rings. The van der Waals surface area contributed by atoms with Crippen molar-refractivity contribution in [1.29, 1.82) is 0 Å². The lowest BCUT2D eigenvalue weighted by Crippen LogP contribution is -2.68. The third kappa shape index (κ3) is 3.35. The van der Waals surface area contributed by atoms with Crippen LogP contribution in [0.2, 0.25) is 0 Å². The average molecular weight is 567 g/mol. The van der Waals surface area contributed by atoms with Gasteiger partial charge in [0.15, 0.2) is 0 Å². The van der Waals surface area contributed by atoms with Gasteiger partial charge in [0.2, 0.25) is 0 Å². The highest BCUT2D eigenvalue weighted by atomic mass is 16.5. The summed E-state index contributed by atoms with van der Waals surface area (Å²) in [5.41, 5.74) is 1.96. The van der Waals surface area contributed by atoms with Crippen LogP contribution in [0.1, 0.15) is 140 Å². The van der Waals surface area contributed by atoms with E-state index in [1.807, 2.05) is 0 Å². The van der Waals surface area contributed by atoms with Crippen molar-refractivity contribution in [3.05, 3.63) is 0 Å². The Labute approximate surface area is 252 Å². The largest absolute Gasteiger partial charge is 0.462 e. The summed E-state index contributed by atoms with van der Waals surface area (Å²) >= 11 is 0. The number of esters is 1. The molecule has 7 aliphatic rings. The lowest BCUT2D eigenvalue weighted by Gasteiger charge is -2.73. The number of ether oxygens (including phenoxy) is 2. The van der Waals surface area contributed by atoms with E-state index in [-0.39, 0.29) is 34.2 Å². The summed E-state index contributed by atoms with van der Waals surface area (Å²) in [6.45, 7) is 28.0. The Morgan fingerprint density at radius 2 is 1.34 bits per heavy atom. The van der Waals surface area contributed by atoms with Crippen LogP contribution in [0.4, 0.5) is 0 Å². The van der Waals surface area contributed by atoms with Crippen LogP contribution in [0.25, 0.3) is 0 Å². The van der Waals surface area contributed by atoms with Gasteiger partial charge in [-0.2, -0.15) is 0 Å². The second kappa shape index (κ2) is 8.17. The van der Waals surface area contributed by atoms with E-state index in [9.17, 15) is 4.79 Å². The fraction of sp³-hybridized carbons (Fsp3) is 0.974. The van der Waals surface area contributed by atoms with Gasteiger partial charge in [-0.1, -0.05) is 76.2 Å². The maximum Gasteiger partial charge on any atom is 0.310 e. The SMILES string of the molecule is CC1(C)CC[C@]23CC[C@]4(C)[C@H](CC[C@@H]5[C@@]6(C)CC[C@H](OC(=O)C7C(C)(C)C7(C)C)C(C)(C)[C@H]6CC[C@]54C)[C@H]2[C@H]1OC3. The Morgan fingerprint density at radius 1 is 0.683 bits per heavy atom. The average Bonchev–Trinajstić information content (AvgIpc) is 3.12. The van der Waals surface area contributed by atoms with Crippen molar-refractivity contribution >= 4 is 5.97 Å². The predicted molar refractivity (Wildman–Crippen MR) is 165 cm³/mol. The van der Waals surface area contributed by atoms with E-state index < -0.39 is 0 Å². The lowest BCUT2D eigenvalue weighted by atomic mass is 9.31. The minimum absolute atomic E-state index is 0.0158. The topological polar surface area (TPSA) is 35.5 Å². The van der Waals surface area contributed by atoms with Gasteiger partial charge < -0.3 is 9.47 Å². The Morgan fingerprint density at radius 3 is 2.00 bits per heavy atom. The van der Waals surface area contributed by atoms with Gasteiger partial charge in [0.05, 0.1) is 18.6 Å². The molecular formula is C38H62O3. The van der Waals surface area contributed by atoms with E-state index in [0.29, 0.717) is 39.1 Å². The molecule has 232 valence electrons. The highest BCUT2D eigenvalue weighted by Gasteiger charge is 2.73. The molecule has 0 radical (unpaired) electrons. The Kier molecular flexibility index (Phi) is 5.81. The van der Waals surface area contributed by atoms with Gasteiger partial charge in [-0.15, -0.1) is 0 Å². The lowest BCUT2D eigenvalue weighted by molar-refractivity contribution is -0.254. The number of rotatable bonds is 2. The number of fused-ring (bicyclic) bond motifs is 5. The first kappa shape index (κ1) is 29.2. The second-order valence-electron chi connectivity index (χ2n) is 19.9. The van der Waals surface area contributed by atoms with Crippen molar-refractivity contribution in [3.8, 4) is 0 Å². The second-order valence-corrected chi connectivity index (χ2v) is 19.9. The molecule has 3 heteroatoms. The summed E-state index contributed by atoms with van der Waals surface area (Å²) in [5.74, 6) is 3.04. The van der Waals surface area contributed by atoms with Crippen LogP contribution in [-0.2, 0) is 14.3 Å². The van der Waals surface area contributed by atoms with E-state index in [2.05, 4.69) is 76.2 Å². The van der Waals surface area contributed by atoms with Crippen LogP contribution in [0.15, 0.2) is 0 Å². The quantitative estimate of drug-likeness (QED) is 0.312. The van der Waals surface area contributed by atoms with Gasteiger partial charge in [-0.25, -0.2) is 0 Å². The van der Waals surface area contributed by atoms with E-state index in [1.165, 1.54) is 57.8 Å². The van der Waals surface area contributed by atoms with Crippen molar-refractivity contribution in [1.82, 2.24) is 0 Å². The zero-order valence-corrected chi connectivity index (χ0v) is 28.5. The summed E-state index contributed by atoms with van der Waals surface area (Å²) in [7, 11) is 0. The highest BCUT2D eigenvalue weighted by molar-refractivity contribution is 5.79. The smallest absolute Gasteiger partial charge is 0.310 e. The van der Waals surface area contributed by atoms with Crippen LogP contribution in [-0.4, -0.2) is 24.8 Å². The molecule has 41 heavy (non-hydrogen) atoms. The molecule has 10 atom stereocenters. The van der Waals surface area contributed by atoms with Gasteiger partial charge in [0, 0.05) is 5.41 Å². The Balaban J connectivity index is 1.16. The van der Waals surface area contributed by atoms with Crippen molar-refractivity contribution in [2.75, 3.05) is 6.61 Å². The third-order valence-corrected chi connectivity index (χ3v) is 17.6. The number of carbonyl (C=O) groups is 1. The molecule has 1 saturated heterocycles. The standard InChI is InChI=1S/C38H62O3/c1-31(2)18-20-38-21-19-36(10)23(27(38)29(31)40-22-38)12-13-25-35(9)16-15-26(32(3,4)24(35)14-17-37(25,36)11)41-30(39)28-33(5,6)34(28,7)8/h23-29H,12-22H2,1-11H3/t23-,24-,25-,26+,27+,29-,35+,36-,37-,38-/m1/s1. The van der Waals surface area contributed by atoms with Crippen LogP contribution in [0.5, 0.6) is 0 Å². The monoisotopic (exact) mass is 566 g/mol. The van der Waals surface area contributed by atoms with Crippen LogP contribution < -0.4 is 0 Å². The molecule has 0 N–H and O–H groups in total. The summed E-state index contributed by atoms with van der Waals surface area (Å²) in [6.07, 6.45) is 13.7. The minimum atomic E-state index is 0.0158.